The van der Waals surface area contributed by atoms with Gasteiger partial charge in [-0.1, -0.05) is 24.3 Å². The van der Waals surface area contributed by atoms with Gasteiger partial charge in [0.05, 0.1) is 6.04 Å². The van der Waals surface area contributed by atoms with E-state index in [9.17, 15) is 9.59 Å². The molecule has 116 valence electrons. The molecule has 0 bridgehead atoms. The van der Waals surface area contributed by atoms with Gasteiger partial charge in [0.15, 0.2) is 0 Å². The first-order valence-electron chi connectivity index (χ1n) is 7.24. The van der Waals surface area contributed by atoms with Crippen molar-refractivity contribution >= 4 is 23.2 Å². The Balaban J connectivity index is 1.75. The first-order chi connectivity index (χ1) is 10.6. The van der Waals surface area contributed by atoms with Crippen LogP contribution >= 0.6 is 11.3 Å². The second kappa shape index (κ2) is 7.75. The maximum Gasteiger partial charge on any atom is 0.251 e. The van der Waals surface area contributed by atoms with E-state index in [4.69, 9.17) is 0 Å². The zero-order chi connectivity index (χ0) is 15.9. The average Bonchev–Trinajstić information content (AvgIpc) is 3.01. The Hall–Kier alpha value is -2.14. The number of carbonyl (C=O) groups is 2. The van der Waals surface area contributed by atoms with Crippen molar-refractivity contribution in [3.63, 3.8) is 0 Å². The molecule has 0 saturated heterocycles. The minimum absolute atomic E-state index is 0.000399. The number of aryl methyl sites for hydroxylation is 1. The Labute approximate surface area is 134 Å². The fourth-order valence-corrected chi connectivity index (χ4v) is 2.87. The van der Waals surface area contributed by atoms with Crippen LogP contribution in [0.3, 0.4) is 0 Å². The molecule has 0 saturated carbocycles. The van der Waals surface area contributed by atoms with Gasteiger partial charge in [-0.15, -0.1) is 11.3 Å². The highest BCUT2D eigenvalue weighted by atomic mass is 32.1. The van der Waals surface area contributed by atoms with Gasteiger partial charge in [0.1, 0.15) is 0 Å². The third kappa shape index (κ3) is 4.43. The first kappa shape index (κ1) is 16.2. The van der Waals surface area contributed by atoms with E-state index in [1.165, 1.54) is 0 Å². The number of rotatable bonds is 6. The lowest BCUT2D eigenvalue weighted by molar-refractivity contribution is -0.121. The highest BCUT2D eigenvalue weighted by molar-refractivity contribution is 7.10. The van der Waals surface area contributed by atoms with Gasteiger partial charge in [0, 0.05) is 23.4 Å². The molecular formula is C17H20N2O2S. The van der Waals surface area contributed by atoms with Gasteiger partial charge in [-0.05, 0) is 36.9 Å². The van der Waals surface area contributed by atoms with E-state index in [1.807, 2.05) is 49.6 Å². The summed E-state index contributed by atoms with van der Waals surface area (Å²) >= 11 is 1.62. The molecule has 1 aromatic carbocycles. The topological polar surface area (TPSA) is 58.2 Å². The fraction of sp³-hybridized carbons (Fsp3) is 0.294. The van der Waals surface area contributed by atoms with Crippen LogP contribution in [0.4, 0.5) is 0 Å². The van der Waals surface area contributed by atoms with Gasteiger partial charge in [0.25, 0.3) is 5.91 Å². The lowest BCUT2D eigenvalue weighted by atomic mass is 10.1. The molecule has 2 amide bonds. The number of thiophene rings is 1. The van der Waals surface area contributed by atoms with Crippen LogP contribution in [0.25, 0.3) is 0 Å². The largest absolute Gasteiger partial charge is 0.352 e. The quantitative estimate of drug-likeness (QED) is 0.860. The van der Waals surface area contributed by atoms with E-state index in [0.717, 1.165) is 10.4 Å². The van der Waals surface area contributed by atoms with Crippen molar-refractivity contribution in [3.8, 4) is 0 Å². The van der Waals surface area contributed by atoms with Gasteiger partial charge in [-0.3, -0.25) is 9.59 Å². The number of amides is 2. The lowest BCUT2D eigenvalue weighted by Crippen LogP contribution is -2.32. The van der Waals surface area contributed by atoms with Crippen molar-refractivity contribution in [1.29, 1.82) is 0 Å². The van der Waals surface area contributed by atoms with Crippen LogP contribution in [0.15, 0.2) is 41.8 Å². The smallest absolute Gasteiger partial charge is 0.251 e. The van der Waals surface area contributed by atoms with Gasteiger partial charge < -0.3 is 10.6 Å². The number of carbonyl (C=O) groups excluding carboxylic acids is 2. The fourth-order valence-electron chi connectivity index (χ4n) is 2.13. The van der Waals surface area contributed by atoms with Crippen molar-refractivity contribution in [2.75, 3.05) is 6.54 Å². The molecule has 0 fully saturated rings. The molecule has 2 rings (SSSR count). The number of hydrogen-bond acceptors (Lipinski definition) is 3. The molecule has 1 aromatic heterocycles. The maximum atomic E-state index is 12.0. The third-order valence-corrected chi connectivity index (χ3v) is 4.43. The summed E-state index contributed by atoms with van der Waals surface area (Å²) in [6, 6.07) is 11.4. The van der Waals surface area contributed by atoms with Crippen molar-refractivity contribution in [1.82, 2.24) is 10.6 Å². The molecule has 0 radical (unpaired) electrons. The summed E-state index contributed by atoms with van der Waals surface area (Å²) < 4.78 is 0. The second-order valence-electron chi connectivity index (χ2n) is 5.13. The first-order valence-corrected chi connectivity index (χ1v) is 8.12. The number of benzene rings is 1. The van der Waals surface area contributed by atoms with Crippen LogP contribution in [0, 0.1) is 6.92 Å². The number of nitrogens with one attached hydrogen (secondary N) is 2. The molecule has 0 aliphatic heterocycles. The highest BCUT2D eigenvalue weighted by Gasteiger charge is 2.11. The van der Waals surface area contributed by atoms with Crippen molar-refractivity contribution in [2.24, 2.45) is 0 Å². The molecule has 1 heterocycles. The van der Waals surface area contributed by atoms with Crippen molar-refractivity contribution in [2.45, 2.75) is 26.3 Å². The Morgan fingerprint density at radius 3 is 2.64 bits per heavy atom. The maximum absolute atomic E-state index is 12.0. The van der Waals surface area contributed by atoms with E-state index in [-0.39, 0.29) is 24.3 Å². The molecule has 1 atom stereocenters. The van der Waals surface area contributed by atoms with Crippen LogP contribution < -0.4 is 10.6 Å². The Morgan fingerprint density at radius 1 is 1.18 bits per heavy atom. The third-order valence-electron chi connectivity index (χ3n) is 3.37. The monoisotopic (exact) mass is 316 g/mol. The average molecular weight is 316 g/mol. The van der Waals surface area contributed by atoms with E-state index in [0.29, 0.717) is 12.1 Å². The summed E-state index contributed by atoms with van der Waals surface area (Å²) in [4.78, 5) is 25.0. The minimum atomic E-state index is -0.141. The Morgan fingerprint density at radius 2 is 1.95 bits per heavy atom. The van der Waals surface area contributed by atoms with Crippen LogP contribution in [0.2, 0.25) is 0 Å². The lowest BCUT2D eigenvalue weighted by Gasteiger charge is -2.12. The molecule has 2 aromatic rings. The minimum Gasteiger partial charge on any atom is -0.352 e. The summed E-state index contributed by atoms with van der Waals surface area (Å²) in [6.07, 6.45) is 0.271. The number of hydrogen-bond donors (Lipinski definition) is 2. The van der Waals surface area contributed by atoms with Crippen LogP contribution in [-0.2, 0) is 4.79 Å². The van der Waals surface area contributed by atoms with Gasteiger partial charge >= 0.3 is 0 Å². The molecule has 2 N–H and O–H groups in total. The molecule has 0 aliphatic rings. The van der Waals surface area contributed by atoms with Crippen LogP contribution in [0.1, 0.15) is 40.2 Å². The molecule has 0 spiro atoms. The van der Waals surface area contributed by atoms with E-state index in [2.05, 4.69) is 10.6 Å². The summed E-state index contributed by atoms with van der Waals surface area (Å²) in [7, 11) is 0. The zero-order valence-electron chi connectivity index (χ0n) is 12.8. The normalized spacial score (nSPS) is 11.7. The summed E-state index contributed by atoms with van der Waals surface area (Å²) in [6.45, 7) is 4.18. The second-order valence-corrected chi connectivity index (χ2v) is 6.10. The standard InChI is InChI=1S/C17H20N2O2S/c1-12-6-3-4-7-14(12)17(21)18-10-9-16(20)19-13(2)15-8-5-11-22-15/h3-8,11,13H,9-10H2,1-2H3,(H,18,21)(H,19,20)/t13-/m1/s1. The van der Waals surface area contributed by atoms with Crippen LogP contribution in [0.5, 0.6) is 0 Å². The summed E-state index contributed by atoms with van der Waals surface area (Å²) in [5.41, 5.74) is 1.57. The Kier molecular flexibility index (Phi) is 5.72. The predicted octanol–water partition coefficient (Wildman–Crippen LogP) is 3.05. The van der Waals surface area contributed by atoms with Crippen molar-refractivity contribution in [3.05, 3.63) is 57.8 Å². The Bertz CT molecular complexity index is 638. The van der Waals surface area contributed by atoms with E-state index in [1.54, 1.807) is 17.4 Å². The van der Waals surface area contributed by atoms with Gasteiger partial charge in [0.2, 0.25) is 5.91 Å². The summed E-state index contributed by atoms with van der Waals surface area (Å²) in [5.74, 6) is -0.205. The molecule has 22 heavy (non-hydrogen) atoms. The molecule has 0 aliphatic carbocycles. The molecule has 5 heteroatoms. The zero-order valence-corrected chi connectivity index (χ0v) is 13.6. The SMILES string of the molecule is Cc1ccccc1C(=O)NCCC(=O)N[C@H](C)c1cccs1. The van der Waals surface area contributed by atoms with Crippen LogP contribution in [-0.4, -0.2) is 18.4 Å². The predicted molar refractivity (Wildman–Crippen MR) is 89.0 cm³/mol. The summed E-state index contributed by atoms with van der Waals surface area (Å²) in [5, 5.41) is 7.70. The van der Waals surface area contributed by atoms with Crippen molar-refractivity contribution < 1.29 is 9.59 Å². The van der Waals surface area contributed by atoms with E-state index >= 15 is 0 Å². The highest BCUT2D eigenvalue weighted by Crippen LogP contribution is 2.17. The van der Waals surface area contributed by atoms with Gasteiger partial charge in [-0.25, -0.2) is 0 Å². The van der Waals surface area contributed by atoms with E-state index < -0.39 is 0 Å². The van der Waals surface area contributed by atoms with Gasteiger partial charge in [-0.2, -0.15) is 0 Å². The molecule has 0 unspecified atom stereocenters. The molecule has 4 nitrogen and oxygen atoms in total. The molecular weight excluding hydrogens is 296 g/mol.